The van der Waals surface area contributed by atoms with Crippen LogP contribution in [0.5, 0.6) is 0 Å². The van der Waals surface area contributed by atoms with E-state index in [4.69, 9.17) is 4.74 Å². The van der Waals surface area contributed by atoms with Gasteiger partial charge in [-0.05, 0) is 19.9 Å². The number of morpholine rings is 1. The fourth-order valence-electron chi connectivity index (χ4n) is 2.81. The Hall–Kier alpha value is -0.650. The molecule has 18 heavy (non-hydrogen) atoms. The number of carbonyl (C=O) groups excluding carboxylic acids is 1. The number of carbonyl (C=O) groups is 1. The topological polar surface area (TPSA) is 44.8 Å². The predicted molar refractivity (Wildman–Crippen MR) is 70.5 cm³/mol. The van der Waals surface area contributed by atoms with Crippen molar-refractivity contribution in [2.75, 3.05) is 53.0 Å². The van der Waals surface area contributed by atoms with Gasteiger partial charge in [0.15, 0.2) is 0 Å². The van der Waals surface area contributed by atoms with Gasteiger partial charge >= 0.3 is 0 Å². The van der Waals surface area contributed by atoms with Crippen LogP contribution in [-0.4, -0.2) is 74.7 Å². The lowest BCUT2D eigenvalue weighted by Crippen LogP contribution is -2.47. The Bertz CT molecular complexity index is 267. The molecule has 2 aliphatic heterocycles. The molecule has 2 aliphatic rings. The second kappa shape index (κ2) is 7.07. The van der Waals surface area contributed by atoms with Gasteiger partial charge in [-0.3, -0.25) is 9.69 Å². The monoisotopic (exact) mass is 255 g/mol. The second-order valence-electron chi connectivity index (χ2n) is 5.15. The Morgan fingerprint density at radius 1 is 1.33 bits per heavy atom. The van der Waals surface area contributed by atoms with Crippen LogP contribution in [-0.2, 0) is 9.53 Å². The van der Waals surface area contributed by atoms with E-state index in [0.717, 1.165) is 58.8 Å². The first kappa shape index (κ1) is 13.8. The lowest BCUT2D eigenvalue weighted by Gasteiger charge is -2.33. The summed E-state index contributed by atoms with van der Waals surface area (Å²) in [5.74, 6) is 0.306. The predicted octanol–water partition coefficient (Wildman–Crippen LogP) is -0.0809. The maximum Gasteiger partial charge on any atom is 0.224 e. The highest BCUT2D eigenvalue weighted by Crippen LogP contribution is 2.19. The van der Waals surface area contributed by atoms with Gasteiger partial charge in [-0.1, -0.05) is 0 Å². The first-order valence-electron chi connectivity index (χ1n) is 7.05. The molecule has 0 aromatic rings. The minimum Gasteiger partial charge on any atom is -0.379 e. The zero-order valence-corrected chi connectivity index (χ0v) is 11.4. The van der Waals surface area contributed by atoms with E-state index in [1.807, 2.05) is 7.05 Å². The summed E-state index contributed by atoms with van der Waals surface area (Å²) in [7, 11) is 1.89. The molecule has 5 heteroatoms. The van der Waals surface area contributed by atoms with Crippen LogP contribution in [0, 0.1) is 0 Å². The number of ether oxygens (including phenoxy) is 1. The van der Waals surface area contributed by atoms with Crippen molar-refractivity contribution in [3.63, 3.8) is 0 Å². The lowest BCUT2D eigenvalue weighted by atomic mass is 10.2. The van der Waals surface area contributed by atoms with Gasteiger partial charge in [-0.25, -0.2) is 0 Å². The van der Waals surface area contributed by atoms with Gasteiger partial charge in [0.05, 0.1) is 13.2 Å². The van der Waals surface area contributed by atoms with Gasteiger partial charge in [-0.2, -0.15) is 0 Å². The van der Waals surface area contributed by atoms with Crippen LogP contribution in [0.15, 0.2) is 0 Å². The third kappa shape index (κ3) is 3.67. The van der Waals surface area contributed by atoms with E-state index in [1.54, 1.807) is 0 Å². The molecule has 0 aliphatic carbocycles. The lowest BCUT2D eigenvalue weighted by molar-refractivity contribution is -0.132. The quantitative estimate of drug-likeness (QED) is 0.746. The zero-order chi connectivity index (χ0) is 12.8. The molecule has 2 fully saturated rings. The first-order valence-corrected chi connectivity index (χ1v) is 7.05. The van der Waals surface area contributed by atoms with E-state index in [0.29, 0.717) is 18.4 Å². The highest BCUT2D eigenvalue weighted by Gasteiger charge is 2.29. The van der Waals surface area contributed by atoms with Gasteiger partial charge in [0.2, 0.25) is 5.91 Å². The molecule has 2 rings (SSSR count). The van der Waals surface area contributed by atoms with Gasteiger partial charge < -0.3 is 15.0 Å². The van der Waals surface area contributed by atoms with Crippen molar-refractivity contribution < 1.29 is 9.53 Å². The Morgan fingerprint density at radius 2 is 2.11 bits per heavy atom. The first-order chi connectivity index (χ1) is 8.81. The molecule has 0 bridgehead atoms. The number of nitrogens with zero attached hydrogens (tertiary/aromatic N) is 2. The Kier molecular flexibility index (Phi) is 5.41. The van der Waals surface area contributed by atoms with Crippen molar-refractivity contribution in [2.45, 2.75) is 25.3 Å². The van der Waals surface area contributed by atoms with Crippen LogP contribution in [0.3, 0.4) is 0 Å². The zero-order valence-electron chi connectivity index (χ0n) is 11.4. The maximum atomic E-state index is 12.1. The van der Waals surface area contributed by atoms with Crippen LogP contribution in [0.25, 0.3) is 0 Å². The normalized spacial score (nSPS) is 25.6. The molecule has 0 aromatic carbocycles. The third-order valence-electron chi connectivity index (χ3n) is 3.86. The largest absolute Gasteiger partial charge is 0.379 e. The highest BCUT2D eigenvalue weighted by atomic mass is 16.5. The van der Waals surface area contributed by atoms with Crippen molar-refractivity contribution in [1.29, 1.82) is 0 Å². The molecule has 2 saturated heterocycles. The average Bonchev–Trinajstić information content (AvgIpc) is 2.85. The second-order valence-corrected chi connectivity index (χ2v) is 5.15. The molecule has 104 valence electrons. The number of hydrogen-bond donors (Lipinski definition) is 1. The van der Waals surface area contributed by atoms with Crippen molar-refractivity contribution in [3.8, 4) is 0 Å². The smallest absolute Gasteiger partial charge is 0.224 e. The summed E-state index contributed by atoms with van der Waals surface area (Å²) in [4.78, 5) is 16.6. The molecule has 1 N–H and O–H groups in total. The number of amides is 1. The summed E-state index contributed by atoms with van der Waals surface area (Å²) in [5.41, 5.74) is 0. The van der Waals surface area contributed by atoms with Crippen LogP contribution in [0.1, 0.15) is 19.3 Å². The molecular weight excluding hydrogens is 230 g/mol. The number of likely N-dealkylation sites (tertiary alicyclic amines) is 1. The fraction of sp³-hybridized carbons (Fsp3) is 0.923. The molecule has 5 nitrogen and oxygen atoms in total. The van der Waals surface area contributed by atoms with Gasteiger partial charge in [0, 0.05) is 45.2 Å². The Morgan fingerprint density at radius 3 is 2.83 bits per heavy atom. The molecule has 0 radical (unpaired) electrons. The van der Waals surface area contributed by atoms with Crippen molar-refractivity contribution >= 4 is 5.91 Å². The van der Waals surface area contributed by atoms with E-state index >= 15 is 0 Å². The van der Waals surface area contributed by atoms with Crippen LogP contribution >= 0.6 is 0 Å². The number of rotatable bonds is 5. The molecule has 1 unspecified atom stereocenters. The molecule has 0 aromatic heterocycles. The van der Waals surface area contributed by atoms with E-state index in [2.05, 4.69) is 15.1 Å². The van der Waals surface area contributed by atoms with Crippen LogP contribution < -0.4 is 5.32 Å². The average molecular weight is 255 g/mol. The van der Waals surface area contributed by atoms with Crippen LogP contribution in [0.2, 0.25) is 0 Å². The van der Waals surface area contributed by atoms with E-state index < -0.39 is 0 Å². The fourth-order valence-corrected chi connectivity index (χ4v) is 2.81. The summed E-state index contributed by atoms with van der Waals surface area (Å²) in [6.07, 6.45) is 2.93. The van der Waals surface area contributed by atoms with E-state index in [-0.39, 0.29) is 0 Å². The van der Waals surface area contributed by atoms with Crippen molar-refractivity contribution in [2.24, 2.45) is 0 Å². The van der Waals surface area contributed by atoms with E-state index in [1.165, 1.54) is 0 Å². The highest BCUT2D eigenvalue weighted by molar-refractivity contribution is 5.77. The van der Waals surface area contributed by atoms with Gasteiger partial charge in [0.25, 0.3) is 0 Å². The molecule has 1 atom stereocenters. The number of nitrogens with one attached hydrogen (secondary N) is 1. The van der Waals surface area contributed by atoms with Crippen molar-refractivity contribution in [1.82, 2.24) is 15.1 Å². The number of hydrogen-bond acceptors (Lipinski definition) is 4. The Labute approximate surface area is 109 Å². The summed E-state index contributed by atoms with van der Waals surface area (Å²) in [5, 5.41) is 3.04. The summed E-state index contributed by atoms with van der Waals surface area (Å²) < 4.78 is 5.36. The van der Waals surface area contributed by atoms with Crippen LogP contribution in [0.4, 0.5) is 0 Å². The molecule has 0 saturated carbocycles. The van der Waals surface area contributed by atoms with Gasteiger partial charge in [-0.15, -0.1) is 0 Å². The third-order valence-corrected chi connectivity index (χ3v) is 3.86. The van der Waals surface area contributed by atoms with Crippen molar-refractivity contribution in [3.05, 3.63) is 0 Å². The van der Waals surface area contributed by atoms with E-state index in [9.17, 15) is 4.79 Å². The Balaban J connectivity index is 1.80. The molecule has 0 spiro atoms. The van der Waals surface area contributed by atoms with Gasteiger partial charge in [0.1, 0.15) is 0 Å². The summed E-state index contributed by atoms with van der Waals surface area (Å²) in [6.45, 7) is 6.43. The summed E-state index contributed by atoms with van der Waals surface area (Å²) >= 11 is 0. The minimum atomic E-state index is 0.306. The maximum absolute atomic E-state index is 12.1. The standard InChI is InChI=1S/C13H25N3O2/c1-14-5-4-13(17)16-6-2-3-12(16)11-15-7-9-18-10-8-15/h12,14H,2-11H2,1H3. The summed E-state index contributed by atoms with van der Waals surface area (Å²) in [6, 6.07) is 0.424. The molecule has 1 amide bonds. The molecule has 2 heterocycles. The SMILES string of the molecule is CNCCC(=O)N1CCCC1CN1CCOCC1. The minimum absolute atomic E-state index is 0.306. The molecular formula is C13H25N3O2.